The standard InChI is InChI=1S/C22H28N2O5S/c1-16-13-19(14-20(17(16)2)30(27,28)23(3)4)22(26)24(12-11-21(25)29-5)15-18-9-7-6-8-10-18/h6-10,13-14H,11-12,15H2,1-5H3. The van der Waals surface area contributed by atoms with E-state index >= 15 is 0 Å². The van der Waals surface area contributed by atoms with Crippen molar-refractivity contribution in [2.45, 2.75) is 31.7 Å². The molecule has 8 heteroatoms. The predicted molar refractivity (Wildman–Crippen MR) is 115 cm³/mol. The van der Waals surface area contributed by atoms with Crippen molar-refractivity contribution in [3.8, 4) is 0 Å². The van der Waals surface area contributed by atoms with E-state index in [0.717, 1.165) is 9.87 Å². The molecule has 0 saturated heterocycles. The number of aryl methyl sites for hydroxylation is 1. The average Bonchev–Trinajstić information content (AvgIpc) is 2.72. The molecule has 0 aromatic heterocycles. The van der Waals surface area contributed by atoms with Crippen molar-refractivity contribution in [2.75, 3.05) is 27.7 Å². The number of hydrogen-bond acceptors (Lipinski definition) is 5. The Labute approximate surface area is 178 Å². The van der Waals surface area contributed by atoms with Gasteiger partial charge in [-0.05, 0) is 42.7 Å². The molecule has 7 nitrogen and oxygen atoms in total. The van der Waals surface area contributed by atoms with Crippen LogP contribution in [0.25, 0.3) is 0 Å². The number of methoxy groups -OCH3 is 1. The Kier molecular flexibility index (Phi) is 7.75. The lowest BCUT2D eigenvalue weighted by Gasteiger charge is -2.24. The van der Waals surface area contributed by atoms with E-state index < -0.39 is 16.0 Å². The van der Waals surface area contributed by atoms with Gasteiger partial charge in [-0.25, -0.2) is 12.7 Å². The number of ether oxygens (including phenoxy) is 1. The summed E-state index contributed by atoms with van der Waals surface area (Å²) in [6, 6.07) is 12.5. The summed E-state index contributed by atoms with van der Waals surface area (Å²) in [7, 11) is 0.497. The van der Waals surface area contributed by atoms with Gasteiger partial charge in [-0.3, -0.25) is 9.59 Å². The first-order chi connectivity index (χ1) is 14.1. The van der Waals surface area contributed by atoms with Gasteiger partial charge in [0.25, 0.3) is 5.91 Å². The van der Waals surface area contributed by atoms with Crippen LogP contribution in [0.15, 0.2) is 47.4 Å². The second kappa shape index (κ2) is 9.86. The second-order valence-electron chi connectivity index (χ2n) is 7.24. The Morgan fingerprint density at radius 2 is 1.67 bits per heavy atom. The van der Waals surface area contributed by atoms with Crippen LogP contribution < -0.4 is 0 Å². The van der Waals surface area contributed by atoms with Crippen molar-refractivity contribution in [1.82, 2.24) is 9.21 Å². The zero-order chi connectivity index (χ0) is 22.5. The summed E-state index contributed by atoms with van der Waals surface area (Å²) in [6.45, 7) is 3.94. The first-order valence-corrected chi connectivity index (χ1v) is 11.0. The second-order valence-corrected chi connectivity index (χ2v) is 9.36. The van der Waals surface area contributed by atoms with Gasteiger partial charge in [-0.1, -0.05) is 30.3 Å². The average molecular weight is 433 g/mol. The van der Waals surface area contributed by atoms with Crippen molar-refractivity contribution in [3.05, 3.63) is 64.7 Å². The number of amides is 1. The maximum atomic E-state index is 13.3. The third-order valence-electron chi connectivity index (χ3n) is 4.94. The molecule has 0 radical (unpaired) electrons. The Balaban J connectivity index is 2.45. The number of esters is 1. The Morgan fingerprint density at radius 1 is 1.03 bits per heavy atom. The monoisotopic (exact) mass is 432 g/mol. The van der Waals surface area contributed by atoms with E-state index in [9.17, 15) is 18.0 Å². The molecule has 0 fully saturated rings. The zero-order valence-electron chi connectivity index (χ0n) is 18.0. The first kappa shape index (κ1) is 23.6. The fraction of sp³-hybridized carbons (Fsp3) is 0.364. The van der Waals surface area contributed by atoms with Gasteiger partial charge in [0.15, 0.2) is 0 Å². The lowest BCUT2D eigenvalue weighted by atomic mass is 10.0. The van der Waals surface area contributed by atoms with Crippen LogP contribution in [0.2, 0.25) is 0 Å². The van der Waals surface area contributed by atoms with Crippen LogP contribution in [-0.2, 0) is 26.1 Å². The Morgan fingerprint density at radius 3 is 2.23 bits per heavy atom. The molecule has 0 spiro atoms. The van der Waals surface area contributed by atoms with E-state index in [4.69, 9.17) is 4.74 Å². The molecule has 0 saturated carbocycles. The third kappa shape index (κ3) is 5.46. The van der Waals surface area contributed by atoms with Gasteiger partial charge >= 0.3 is 5.97 Å². The minimum Gasteiger partial charge on any atom is -0.469 e. The van der Waals surface area contributed by atoms with Crippen molar-refractivity contribution in [3.63, 3.8) is 0 Å². The SMILES string of the molecule is COC(=O)CCN(Cc1ccccc1)C(=O)c1cc(C)c(C)c(S(=O)(=O)N(C)C)c1. The summed E-state index contributed by atoms with van der Waals surface area (Å²) in [5.74, 6) is -0.766. The van der Waals surface area contributed by atoms with E-state index in [-0.39, 0.29) is 29.3 Å². The Hall–Kier alpha value is -2.71. The number of sulfonamides is 1. The summed E-state index contributed by atoms with van der Waals surface area (Å²) >= 11 is 0. The molecular formula is C22H28N2O5S. The number of carbonyl (C=O) groups excluding carboxylic acids is 2. The highest BCUT2D eigenvalue weighted by atomic mass is 32.2. The molecule has 0 N–H and O–H groups in total. The van der Waals surface area contributed by atoms with Gasteiger partial charge in [-0.2, -0.15) is 0 Å². The molecule has 2 aromatic rings. The topological polar surface area (TPSA) is 84.0 Å². The number of nitrogens with zero attached hydrogens (tertiary/aromatic N) is 2. The molecule has 30 heavy (non-hydrogen) atoms. The van der Waals surface area contributed by atoms with Gasteiger partial charge in [0.1, 0.15) is 0 Å². The van der Waals surface area contributed by atoms with Crippen LogP contribution in [0.4, 0.5) is 0 Å². The van der Waals surface area contributed by atoms with Crippen LogP contribution in [-0.4, -0.2) is 57.2 Å². The van der Waals surface area contributed by atoms with Gasteiger partial charge in [-0.15, -0.1) is 0 Å². The normalized spacial score (nSPS) is 11.4. The quantitative estimate of drug-likeness (QED) is 0.599. The van der Waals surface area contributed by atoms with Crippen molar-refractivity contribution in [1.29, 1.82) is 0 Å². The van der Waals surface area contributed by atoms with Crippen molar-refractivity contribution in [2.24, 2.45) is 0 Å². The van der Waals surface area contributed by atoms with E-state index in [1.54, 1.807) is 19.9 Å². The first-order valence-electron chi connectivity index (χ1n) is 9.51. The van der Waals surface area contributed by atoms with Crippen LogP contribution >= 0.6 is 0 Å². The van der Waals surface area contributed by atoms with Crippen LogP contribution in [0.3, 0.4) is 0 Å². The van der Waals surface area contributed by atoms with E-state index in [0.29, 0.717) is 17.7 Å². The van der Waals surface area contributed by atoms with E-state index in [2.05, 4.69) is 0 Å². The number of carbonyl (C=O) groups is 2. The smallest absolute Gasteiger partial charge is 0.307 e. The number of benzene rings is 2. The molecule has 0 aliphatic heterocycles. The molecular weight excluding hydrogens is 404 g/mol. The highest BCUT2D eigenvalue weighted by molar-refractivity contribution is 7.89. The molecule has 2 rings (SSSR count). The fourth-order valence-electron chi connectivity index (χ4n) is 2.98. The molecule has 2 aromatic carbocycles. The van der Waals surface area contributed by atoms with Gasteiger partial charge in [0, 0.05) is 32.7 Å². The van der Waals surface area contributed by atoms with Crippen molar-refractivity contribution < 1.29 is 22.7 Å². The molecule has 0 atom stereocenters. The molecule has 0 unspecified atom stereocenters. The van der Waals surface area contributed by atoms with Gasteiger partial charge in [0.05, 0.1) is 18.4 Å². The number of hydrogen-bond donors (Lipinski definition) is 0. The summed E-state index contributed by atoms with van der Waals surface area (Å²) in [4.78, 5) is 26.6. The summed E-state index contributed by atoms with van der Waals surface area (Å²) in [5, 5.41) is 0. The molecule has 162 valence electrons. The lowest BCUT2D eigenvalue weighted by Crippen LogP contribution is -2.33. The van der Waals surface area contributed by atoms with Gasteiger partial charge in [0.2, 0.25) is 10.0 Å². The van der Waals surface area contributed by atoms with Gasteiger partial charge < -0.3 is 9.64 Å². The van der Waals surface area contributed by atoms with Crippen LogP contribution in [0, 0.1) is 13.8 Å². The molecule has 0 aliphatic rings. The van der Waals surface area contributed by atoms with E-state index in [1.165, 1.54) is 32.2 Å². The van der Waals surface area contributed by atoms with Crippen molar-refractivity contribution >= 4 is 21.9 Å². The summed E-state index contributed by atoms with van der Waals surface area (Å²) < 4.78 is 31.3. The summed E-state index contributed by atoms with van der Waals surface area (Å²) in [6.07, 6.45) is 0.0444. The lowest BCUT2D eigenvalue weighted by molar-refractivity contribution is -0.140. The molecule has 1 amide bonds. The maximum absolute atomic E-state index is 13.3. The zero-order valence-corrected chi connectivity index (χ0v) is 18.8. The summed E-state index contributed by atoms with van der Waals surface area (Å²) in [5.41, 5.74) is 2.47. The maximum Gasteiger partial charge on any atom is 0.307 e. The largest absolute Gasteiger partial charge is 0.469 e. The molecule has 0 aliphatic carbocycles. The predicted octanol–water partition coefficient (Wildman–Crippen LogP) is 2.76. The minimum atomic E-state index is -3.71. The molecule has 0 bridgehead atoms. The fourth-order valence-corrected chi connectivity index (χ4v) is 4.20. The third-order valence-corrected chi connectivity index (χ3v) is 6.88. The molecule has 0 heterocycles. The van der Waals surface area contributed by atoms with Crippen LogP contribution in [0.5, 0.6) is 0 Å². The van der Waals surface area contributed by atoms with Crippen LogP contribution in [0.1, 0.15) is 33.5 Å². The highest BCUT2D eigenvalue weighted by Gasteiger charge is 2.25. The Bertz CT molecular complexity index is 1020. The number of rotatable bonds is 8. The highest BCUT2D eigenvalue weighted by Crippen LogP contribution is 2.24. The minimum absolute atomic E-state index is 0.0444. The van der Waals surface area contributed by atoms with E-state index in [1.807, 2.05) is 30.3 Å².